The molecule has 1 aliphatic rings. The second-order valence-corrected chi connectivity index (χ2v) is 8.13. The van der Waals surface area contributed by atoms with Gasteiger partial charge in [-0.15, -0.1) is 0 Å². The number of allylic oxidation sites excluding steroid dienone is 2. The van der Waals surface area contributed by atoms with Crippen LogP contribution in [0.15, 0.2) is 46.2 Å². The molecule has 8 nitrogen and oxygen atoms in total. The molecule has 0 aliphatic carbocycles. The van der Waals surface area contributed by atoms with E-state index in [-0.39, 0.29) is 0 Å². The summed E-state index contributed by atoms with van der Waals surface area (Å²) in [7, 11) is 0. The van der Waals surface area contributed by atoms with Crippen LogP contribution >= 0.6 is 27.5 Å². The Kier molecular flexibility index (Phi) is 7.09. The molecule has 1 heterocycles. The smallest absolute Gasteiger partial charge is 0.412 e. The van der Waals surface area contributed by atoms with Gasteiger partial charge in [0, 0.05) is 16.9 Å². The summed E-state index contributed by atoms with van der Waals surface area (Å²) in [6, 6.07) is 4.91. The highest BCUT2D eigenvalue weighted by molar-refractivity contribution is 9.10. The molecule has 0 bridgehead atoms. The first-order chi connectivity index (χ1) is 13.0. The van der Waals surface area contributed by atoms with Gasteiger partial charge in [-0.3, -0.25) is 20.3 Å². The fourth-order valence-corrected chi connectivity index (χ4v) is 2.55. The molecule has 28 heavy (non-hydrogen) atoms. The number of benzene rings is 1. The molecule has 0 spiro atoms. The summed E-state index contributed by atoms with van der Waals surface area (Å²) in [4.78, 5) is 36.5. The van der Waals surface area contributed by atoms with Crippen LogP contribution in [-0.2, 0) is 14.3 Å². The fraction of sp³-hybridized carbons (Fsp3) is 0.278. The van der Waals surface area contributed by atoms with Gasteiger partial charge in [-0.25, -0.2) is 9.80 Å². The molecule has 3 N–H and O–H groups in total. The van der Waals surface area contributed by atoms with E-state index < -0.39 is 29.9 Å². The van der Waals surface area contributed by atoms with Gasteiger partial charge in [-0.1, -0.05) is 27.5 Å². The standard InChI is InChI=1S/C18H20BrClN4O4/c1-18(2,3)28-17(27)23-13-5-4-11(19)8-14(13)22-15(25)9-16(26)24-7-6-12(20)10-21-24/h4-8,10,21H,9H2,1-3H3,(H,22,25)(H,23,27). The maximum atomic E-state index is 12.3. The first-order valence-electron chi connectivity index (χ1n) is 8.25. The summed E-state index contributed by atoms with van der Waals surface area (Å²) in [6.07, 6.45) is 3.29. The molecule has 0 saturated carbocycles. The van der Waals surface area contributed by atoms with Crippen LogP contribution in [0.25, 0.3) is 0 Å². The zero-order valence-corrected chi connectivity index (χ0v) is 17.8. The third-order valence-corrected chi connectivity index (χ3v) is 3.92. The van der Waals surface area contributed by atoms with Crippen LogP contribution in [0.3, 0.4) is 0 Å². The maximum Gasteiger partial charge on any atom is 0.412 e. The molecular formula is C18H20BrClN4O4. The van der Waals surface area contributed by atoms with Crippen molar-refractivity contribution < 1.29 is 19.1 Å². The summed E-state index contributed by atoms with van der Waals surface area (Å²) in [5.74, 6) is -1.03. The summed E-state index contributed by atoms with van der Waals surface area (Å²) >= 11 is 9.07. The van der Waals surface area contributed by atoms with Crippen molar-refractivity contribution in [1.29, 1.82) is 0 Å². The van der Waals surface area contributed by atoms with E-state index in [1.54, 1.807) is 39.0 Å². The molecule has 10 heteroatoms. The number of hydrazine groups is 1. The highest BCUT2D eigenvalue weighted by atomic mass is 79.9. The van der Waals surface area contributed by atoms with Gasteiger partial charge in [0.1, 0.15) is 12.0 Å². The van der Waals surface area contributed by atoms with Gasteiger partial charge >= 0.3 is 6.09 Å². The largest absolute Gasteiger partial charge is 0.444 e. The van der Waals surface area contributed by atoms with E-state index in [0.717, 1.165) is 5.01 Å². The van der Waals surface area contributed by atoms with E-state index in [0.29, 0.717) is 20.9 Å². The van der Waals surface area contributed by atoms with Crippen molar-refractivity contribution in [3.8, 4) is 0 Å². The second-order valence-electron chi connectivity index (χ2n) is 6.78. The van der Waals surface area contributed by atoms with Crippen molar-refractivity contribution in [3.63, 3.8) is 0 Å². The third-order valence-electron chi connectivity index (χ3n) is 3.20. The molecule has 0 saturated heterocycles. The molecule has 0 atom stereocenters. The molecule has 1 aromatic carbocycles. The van der Waals surface area contributed by atoms with Crippen molar-refractivity contribution in [2.75, 3.05) is 10.6 Å². The lowest BCUT2D eigenvalue weighted by Gasteiger charge is -2.21. The van der Waals surface area contributed by atoms with Crippen LogP contribution in [0.2, 0.25) is 0 Å². The monoisotopic (exact) mass is 470 g/mol. The quantitative estimate of drug-likeness (QED) is 0.575. The Morgan fingerprint density at radius 3 is 2.54 bits per heavy atom. The normalized spacial score (nSPS) is 13.3. The Morgan fingerprint density at radius 1 is 1.21 bits per heavy atom. The Morgan fingerprint density at radius 2 is 1.93 bits per heavy atom. The van der Waals surface area contributed by atoms with E-state index in [9.17, 15) is 14.4 Å². The third kappa shape index (κ3) is 6.90. The van der Waals surface area contributed by atoms with Crippen LogP contribution in [0.5, 0.6) is 0 Å². The van der Waals surface area contributed by atoms with Gasteiger partial charge in [-0.2, -0.15) is 0 Å². The highest BCUT2D eigenvalue weighted by Gasteiger charge is 2.20. The SMILES string of the molecule is CC(C)(C)OC(=O)Nc1ccc(Br)cc1NC(=O)CC(=O)N1C=CC(Cl)=CN1. The second kappa shape index (κ2) is 9.11. The average molecular weight is 472 g/mol. The molecule has 0 aromatic heterocycles. The van der Waals surface area contributed by atoms with Crippen LogP contribution in [-0.4, -0.2) is 28.5 Å². The van der Waals surface area contributed by atoms with Crippen molar-refractivity contribution in [2.24, 2.45) is 0 Å². The Hall–Kier alpha value is -2.52. The summed E-state index contributed by atoms with van der Waals surface area (Å²) in [5, 5.41) is 6.78. The van der Waals surface area contributed by atoms with Crippen molar-refractivity contribution in [1.82, 2.24) is 10.4 Å². The number of hydrogen-bond acceptors (Lipinski definition) is 5. The van der Waals surface area contributed by atoms with Crippen LogP contribution in [0, 0.1) is 0 Å². The molecule has 3 amide bonds. The molecule has 150 valence electrons. The van der Waals surface area contributed by atoms with E-state index in [1.807, 2.05) is 0 Å². The number of anilines is 2. The number of halogens is 2. The van der Waals surface area contributed by atoms with Crippen LogP contribution in [0.1, 0.15) is 27.2 Å². The van der Waals surface area contributed by atoms with Gasteiger partial charge < -0.3 is 10.1 Å². The van der Waals surface area contributed by atoms with Gasteiger partial charge in [0.2, 0.25) is 5.91 Å². The maximum absolute atomic E-state index is 12.3. The molecule has 1 aliphatic heterocycles. The number of nitrogens with zero attached hydrogens (tertiary/aromatic N) is 1. The number of carbonyl (C=O) groups excluding carboxylic acids is 3. The Bertz CT molecular complexity index is 848. The fourth-order valence-electron chi connectivity index (χ4n) is 2.08. The Labute approximate surface area is 176 Å². The summed E-state index contributed by atoms with van der Waals surface area (Å²) in [6.45, 7) is 5.23. The number of ether oxygens (including phenoxy) is 1. The minimum Gasteiger partial charge on any atom is -0.444 e. The predicted octanol–water partition coefficient (Wildman–Crippen LogP) is 4.07. The number of rotatable bonds is 4. The van der Waals surface area contributed by atoms with Gasteiger partial charge in [0.15, 0.2) is 0 Å². The zero-order valence-electron chi connectivity index (χ0n) is 15.5. The van der Waals surface area contributed by atoms with Gasteiger partial charge in [0.25, 0.3) is 5.91 Å². The van der Waals surface area contributed by atoms with E-state index in [1.165, 1.54) is 18.5 Å². The first-order valence-corrected chi connectivity index (χ1v) is 9.42. The van der Waals surface area contributed by atoms with Gasteiger partial charge in [0.05, 0.1) is 16.4 Å². The van der Waals surface area contributed by atoms with Crippen molar-refractivity contribution in [3.05, 3.63) is 46.2 Å². The van der Waals surface area contributed by atoms with Crippen molar-refractivity contribution in [2.45, 2.75) is 32.8 Å². The molecule has 0 unspecified atom stereocenters. The number of amides is 3. The average Bonchev–Trinajstić information content (AvgIpc) is 2.56. The Balaban J connectivity index is 2.03. The minimum absolute atomic E-state index is 0.322. The number of nitrogens with one attached hydrogen (secondary N) is 3. The molecular weight excluding hydrogens is 452 g/mol. The number of hydrogen-bond donors (Lipinski definition) is 3. The molecule has 1 aromatic rings. The van der Waals surface area contributed by atoms with Crippen molar-refractivity contribution >= 4 is 56.8 Å². The summed E-state index contributed by atoms with van der Waals surface area (Å²) < 4.78 is 5.90. The topological polar surface area (TPSA) is 99.8 Å². The lowest BCUT2D eigenvalue weighted by Crippen LogP contribution is -2.38. The highest BCUT2D eigenvalue weighted by Crippen LogP contribution is 2.27. The van der Waals surface area contributed by atoms with E-state index in [2.05, 4.69) is 32.0 Å². The predicted molar refractivity (Wildman–Crippen MR) is 110 cm³/mol. The lowest BCUT2D eigenvalue weighted by atomic mass is 10.2. The minimum atomic E-state index is -0.665. The van der Waals surface area contributed by atoms with Gasteiger partial charge in [-0.05, 0) is 45.0 Å². The zero-order chi connectivity index (χ0) is 20.9. The number of carbonyl (C=O) groups is 3. The summed E-state index contributed by atoms with van der Waals surface area (Å²) in [5.41, 5.74) is 2.64. The molecule has 0 fully saturated rings. The first kappa shape index (κ1) is 21.8. The molecule has 2 rings (SSSR count). The molecule has 0 radical (unpaired) electrons. The van der Waals surface area contributed by atoms with Crippen LogP contribution < -0.4 is 16.1 Å². The van der Waals surface area contributed by atoms with E-state index >= 15 is 0 Å². The van der Waals surface area contributed by atoms with Crippen LogP contribution in [0.4, 0.5) is 16.2 Å². The lowest BCUT2D eigenvalue weighted by molar-refractivity contribution is -0.134. The van der Waals surface area contributed by atoms with E-state index in [4.69, 9.17) is 16.3 Å².